The summed E-state index contributed by atoms with van der Waals surface area (Å²) in [5.74, 6) is -0.339. The molecule has 0 fully saturated rings. The molecule has 6 heteroatoms. The molecule has 0 atom stereocenters. The third kappa shape index (κ3) is 3.01. The van der Waals surface area contributed by atoms with Crippen LogP contribution in [0.5, 0.6) is 0 Å². The number of hydrogen-bond donors (Lipinski definition) is 1. The zero-order chi connectivity index (χ0) is 16.6. The van der Waals surface area contributed by atoms with Gasteiger partial charge in [0.2, 0.25) is 0 Å². The van der Waals surface area contributed by atoms with Crippen LogP contribution in [0, 0.1) is 6.92 Å². The third-order valence-electron chi connectivity index (χ3n) is 3.44. The van der Waals surface area contributed by atoms with Crippen LogP contribution in [-0.4, -0.2) is 27.1 Å². The second-order valence-electron chi connectivity index (χ2n) is 5.69. The summed E-state index contributed by atoms with van der Waals surface area (Å²) >= 11 is 0. The Labute approximate surface area is 133 Å². The number of nitrogens with zero attached hydrogens (tertiary/aromatic N) is 3. The van der Waals surface area contributed by atoms with Crippen molar-refractivity contribution in [3.05, 3.63) is 47.5 Å². The van der Waals surface area contributed by atoms with Crippen LogP contribution in [0.15, 0.2) is 36.4 Å². The Morgan fingerprint density at radius 1 is 1.13 bits per heavy atom. The maximum atomic E-state index is 11.8. The average molecular weight is 310 g/mol. The minimum absolute atomic E-state index is 0.144. The van der Waals surface area contributed by atoms with Gasteiger partial charge in [0.25, 0.3) is 0 Å². The summed E-state index contributed by atoms with van der Waals surface area (Å²) in [6.45, 7) is 5.57. The van der Waals surface area contributed by atoms with Gasteiger partial charge in [-0.3, -0.25) is 0 Å². The molecule has 6 nitrogen and oxygen atoms in total. The molecule has 0 saturated heterocycles. The molecular formula is C17H18N4O2. The van der Waals surface area contributed by atoms with E-state index >= 15 is 0 Å². The van der Waals surface area contributed by atoms with Crippen molar-refractivity contribution in [2.24, 2.45) is 0 Å². The van der Waals surface area contributed by atoms with Crippen LogP contribution >= 0.6 is 0 Å². The molecule has 3 rings (SSSR count). The van der Waals surface area contributed by atoms with Crippen LogP contribution in [0.3, 0.4) is 0 Å². The molecule has 2 aromatic carbocycles. The molecule has 0 aliphatic rings. The molecule has 0 aliphatic carbocycles. The first-order chi connectivity index (χ1) is 10.9. The molecule has 0 aliphatic heterocycles. The standard InChI is InChI=1S/C17H18N4O2/c1-10(2)23-17(22)12-4-6-13(7-5-12)21-19-15-8-11(3)14(18)9-16(15)20-21/h4-10H,18H2,1-3H3. The van der Waals surface area contributed by atoms with E-state index in [1.54, 1.807) is 24.3 Å². The summed E-state index contributed by atoms with van der Waals surface area (Å²) in [6, 6.07) is 10.7. The summed E-state index contributed by atoms with van der Waals surface area (Å²) in [7, 11) is 0. The minimum atomic E-state index is -0.339. The maximum absolute atomic E-state index is 11.8. The van der Waals surface area contributed by atoms with Crippen molar-refractivity contribution in [1.29, 1.82) is 0 Å². The SMILES string of the molecule is Cc1cc2nn(-c3ccc(C(=O)OC(C)C)cc3)nc2cc1N. The van der Waals surface area contributed by atoms with Crippen molar-refractivity contribution in [3.8, 4) is 5.69 Å². The summed E-state index contributed by atoms with van der Waals surface area (Å²) in [6.07, 6.45) is -0.144. The lowest BCUT2D eigenvalue weighted by Crippen LogP contribution is -2.11. The van der Waals surface area contributed by atoms with Gasteiger partial charge in [0, 0.05) is 5.69 Å². The first kappa shape index (κ1) is 15.0. The average Bonchev–Trinajstić information content (AvgIpc) is 2.90. The van der Waals surface area contributed by atoms with Gasteiger partial charge in [-0.25, -0.2) is 4.79 Å². The maximum Gasteiger partial charge on any atom is 0.338 e. The monoisotopic (exact) mass is 310 g/mol. The predicted molar refractivity (Wildman–Crippen MR) is 88.6 cm³/mol. The van der Waals surface area contributed by atoms with Crippen molar-refractivity contribution >= 4 is 22.7 Å². The van der Waals surface area contributed by atoms with Crippen LogP contribution in [0.4, 0.5) is 5.69 Å². The second kappa shape index (κ2) is 5.72. The highest BCUT2D eigenvalue weighted by atomic mass is 16.5. The van der Waals surface area contributed by atoms with Crippen LogP contribution < -0.4 is 5.73 Å². The summed E-state index contributed by atoms with van der Waals surface area (Å²) in [4.78, 5) is 13.4. The Hall–Kier alpha value is -2.89. The first-order valence-electron chi connectivity index (χ1n) is 7.38. The Bertz CT molecular complexity index is 827. The van der Waals surface area contributed by atoms with Gasteiger partial charge < -0.3 is 10.5 Å². The van der Waals surface area contributed by atoms with E-state index in [0.29, 0.717) is 11.3 Å². The van der Waals surface area contributed by atoms with Gasteiger partial charge in [-0.2, -0.15) is 4.80 Å². The number of anilines is 1. The largest absolute Gasteiger partial charge is 0.459 e. The normalized spacial score (nSPS) is 11.1. The second-order valence-corrected chi connectivity index (χ2v) is 5.69. The number of carbonyl (C=O) groups is 1. The number of carbonyl (C=O) groups excluding carboxylic acids is 1. The number of ether oxygens (including phenoxy) is 1. The number of aromatic nitrogens is 3. The quantitative estimate of drug-likeness (QED) is 0.594. The number of fused-ring (bicyclic) bond motifs is 1. The zero-order valence-electron chi connectivity index (χ0n) is 13.3. The van der Waals surface area contributed by atoms with Gasteiger partial charge in [-0.1, -0.05) is 0 Å². The molecule has 0 amide bonds. The Kier molecular flexibility index (Phi) is 3.73. The number of hydrogen-bond acceptors (Lipinski definition) is 5. The Balaban J connectivity index is 1.91. The van der Waals surface area contributed by atoms with Crippen molar-refractivity contribution in [1.82, 2.24) is 15.0 Å². The van der Waals surface area contributed by atoms with Gasteiger partial charge in [0.15, 0.2) is 0 Å². The minimum Gasteiger partial charge on any atom is -0.459 e. The van der Waals surface area contributed by atoms with Crippen LogP contribution in [0.1, 0.15) is 29.8 Å². The molecule has 0 radical (unpaired) electrons. The smallest absolute Gasteiger partial charge is 0.338 e. The van der Waals surface area contributed by atoms with E-state index < -0.39 is 0 Å². The van der Waals surface area contributed by atoms with E-state index in [1.165, 1.54) is 4.80 Å². The fourth-order valence-corrected chi connectivity index (χ4v) is 2.21. The summed E-state index contributed by atoms with van der Waals surface area (Å²) in [5.41, 5.74) is 10.3. The molecule has 0 spiro atoms. The van der Waals surface area contributed by atoms with Gasteiger partial charge in [0.05, 0.1) is 17.4 Å². The van der Waals surface area contributed by atoms with E-state index in [1.807, 2.05) is 32.9 Å². The van der Waals surface area contributed by atoms with Crippen molar-refractivity contribution in [2.75, 3.05) is 5.73 Å². The van der Waals surface area contributed by atoms with Gasteiger partial charge in [0.1, 0.15) is 11.0 Å². The molecule has 3 aromatic rings. The number of nitrogen functional groups attached to an aromatic ring is 1. The molecule has 0 saturated carbocycles. The molecular weight excluding hydrogens is 292 g/mol. The first-order valence-corrected chi connectivity index (χ1v) is 7.38. The highest BCUT2D eigenvalue weighted by Crippen LogP contribution is 2.19. The number of esters is 1. The Morgan fingerprint density at radius 3 is 2.35 bits per heavy atom. The lowest BCUT2D eigenvalue weighted by Gasteiger charge is -2.08. The fraction of sp³-hybridized carbons (Fsp3) is 0.235. The van der Waals surface area contributed by atoms with Crippen molar-refractivity contribution in [3.63, 3.8) is 0 Å². The summed E-state index contributed by atoms with van der Waals surface area (Å²) < 4.78 is 5.17. The molecule has 1 aromatic heterocycles. The van der Waals surface area contributed by atoms with Crippen LogP contribution in [0.25, 0.3) is 16.7 Å². The van der Waals surface area contributed by atoms with Gasteiger partial charge in [-0.15, -0.1) is 10.2 Å². The van der Waals surface area contributed by atoms with Crippen molar-refractivity contribution < 1.29 is 9.53 Å². The van der Waals surface area contributed by atoms with Crippen LogP contribution in [0.2, 0.25) is 0 Å². The summed E-state index contributed by atoms with van der Waals surface area (Å²) in [5, 5.41) is 8.86. The van der Waals surface area contributed by atoms with E-state index in [2.05, 4.69) is 10.2 Å². The van der Waals surface area contributed by atoms with E-state index in [-0.39, 0.29) is 12.1 Å². The predicted octanol–water partition coefficient (Wildman–Crippen LogP) is 2.88. The molecule has 0 unspecified atom stereocenters. The third-order valence-corrected chi connectivity index (χ3v) is 3.44. The van der Waals surface area contributed by atoms with Gasteiger partial charge in [-0.05, 0) is 62.7 Å². The molecule has 1 heterocycles. The number of benzene rings is 2. The van der Waals surface area contributed by atoms with E-state index in [9.17, 15) is 4.79 Å². The highest BCUT2D eigenvalue weighted by molar-refractivity contribution is 5.89. The van der Waals surface area contributed by atoms with Gasteiger partial charge >= 0.3 is 5.97 Å². The van der Waals surface area contributed by atoms with E-state index in [4.69, 9.17) is 10.5 Å². The van der Waals surface area contributed by atoms with E-state index in [0.717, 1.165) is 22.3 Å². The topological polar surface area (TPSA) is 83.0 Å². The fourth-order valence-electron chi connectivity index (χ4n) is 2.21. The highest BCUT2D eigenvalue weighted by Gasteiger charge is 2.11. The van der Waals surface area contributed by atoms with Crippen LogP contribution in [-0.2, 0) is 4.74 Å². The Morgan fingerprint density at radius 2 is 1.74 bits per heavy atom. The molecule has 23 heavy (non-hydrogen) atoms. The zero-order valence-corrected chi connectivity index (χ0v) is 13.3. The lowest BCUT2D eigenvalue weighted by molar-refractivity contribution is 0.0378. The molecule has 2 N–H and O–H groups in total. The lowest BCUT2D eigenvalue weighted by atomic mass is 10.2. The van der Waals surface area contributed by atoms with Crippen molar-refractivity contribution in [2.45, 2.75) is 26.9 Å². The number of nitrogens with two attached hydrogens (primary N) is 1. The molecule has 0 bridgehead atoms. The number of rotatable bonds is 3. The molecule has 118 valence electrons. The number of aryl methyl sites for hydroxylation is 1.